The summed E-state index contributed by atoms with van der Waals surface area (Å²) in [6.07, 6.45) is 4.56. The summed E-state index contributed by atoms with van der Waals surface area (Å²) in [6, 6.07) is 8.19. The highest BCUT2D eigenvalue weighted by molar-refractivity contribution is 5.95. The van der Waals surface area contributed by atoms with Gasteiger partial charge in [-0.1, -0.05) is 12.1 Å². The number of pyridine rings is 1. The van der Waals surface area contributed by atoms with E-state index in [-0.39, 0.29) is 11.8 Å². The second-order valence-corrected chi connectivity index (χ2v) is 7.65. The van der Waals surface area contributed by atoms with Gasteiger partial charge in [0.15, 0.2) is 0 Å². The van der Waals surface area contributed by atoms with Gasteiger partial charge in [-0.2, -0.15) is 0 Å². The number of likely N-dealkylation sites (tertiary alicyclic amines) is 1. The maximum atomic E-state index is 12.7. The molecule has 1 aliphatic rings. The van der Waals surface area contributed by atoms with Crippen LogP contribution in [0.2, 0.25) is 0 Å². The summed E-state index contributed by atoms with van der Waals surface area (Å²) >= 11 is 0. The predicted molar refractivity (Wildman–Crippen MR) is 114 cm³/mol. The second kappa shape index (κ2) is 8.31. The Labute approximate surface area is 170 Å². The number of amides is 1. The molecule has 1 aromatic carbocycles. The van der Waals surface area contributed by atoms with Crippen molar-refractivity contribution in [2.24, 2.45) is 13.0 Å². The molecule has 0 aliphatic carbocycles. The summed E-state index contributed by atoms with van der Waals surface area (Å²) in [5.41, 5.74) is 2.16. The van der Waals surface area contributed by atoms with Crippen molar-refractivity contribution in [3.05, 3.63) is 42.5 Å². The molecule has 7 nitrogen and oxygen atoms in total. The number of carbonyl (C=O) groups excluding carboxylic acids is 1. The van der Waals surface area contributed by atoms with Gasteiger partial charge in [0, 0.05) is 44.4 Å². The molecule has 0 spiro atoms. The normalized spacial score (nSPS) is 17.1. The van der Waals surface area contributed by atoms with Crippen LogP contribution in [0.1, 0.15) is 12.2 Å². The van der Waals surface area contributed by atoms with Crippen molar-refractivity contribution < 1.29 is 9.53 Å². The van der Waals surface area contributed by atoms with Gasteiger partial charge in [-0.15, -0.1) is 0 Å². The van der Waals surface area contributed by atoms with Gasteiger partial charge in [0.1, 0.15) is 11.6 Å². The van der Waals surface area contributed by atoms with Crippen LogP contribution in [-0.4, -0.2) is 58.7 Å². The quantitative estimate of drug-likeness (QED) is 0.697. The van der Waals surface area contributed by atoms with Gasteiger partial charge >= 0.3 is 0 Å². The molecule has 2 aromatic heterocycles. The summed E-state index contributed by atoms with van der Waals surface area (Å²) in [5, 5.41) is 5.08. The Morgan fingerprint density at radius 1 is 1.24 bits per heavy atom. The molecule has 0 saturated carbocycles. The number of nitrogens with zero attached hydrogens (tertiary/aromatic N) is 4. The fourth-order valence-electron chi connectivity index (χ4n) is 3.84. The molecular weight excluding hydrogens is 366 g/mol. The SMILES string of the molecule is COCCN1CCC(C(=O)Nc2cc3cc(-c4cnc(C)n4C)ccc3cn2)C1. The Morgan fingerprint density at radius 2 is 2.10 bits per heavy atom. The monoisotopic (exact) mass is 393 g/mol. The van der Waals surface area contributed by atoms with Gasteiger partial charge in [-0.3, -0.25) is 4.79 Å². The fourth-order valence-corrected chi connectivity index (χ4v) is 3.84. The van der Waals surface area contributed by atoms with Crippen molar-refractivity contribution in [1.82, 2.24) is 19.4 Å². The number of rotatable bonds is 6. The average Bonchev–Trinajstić information content (AvgIpc) is 3.33. The van der Waals surface area contributed by atoms with E-state index in [0.29, 0.717) is 12.4 Å². The van der Waals surface area contributed by atoms with Gasteiger partial charge in [-0.25, -0.2) is 9.97 Å². The first-order valence-electron chi connectivity index (χ1n) is 9.96. The molecule has 1 saturated heterocycles. The highest BCUT2D eigenvalue weighted by Crippen LogP contribution is 2.26. The van der Waals surface area contributed by atoms with E-state index in [0.717, 1.165) is 53.9 Å². The Hall–Kier alpha value is -2.77. The third kappa shape index (κ3) is 4.16. The van der Waals surface area contributed by atoms with Crippen molar-refractivity contribution in [3.8, 4) is 11.3 Å². The van der Waals surface area contributed by atoms with Crippen LogP contribution in [0, 0.1) is 12.8 Å². The number of nitrogens with one attached hydrogen (secondary N) is 1. The minimum atomic E-state index is -0.00638. The number of hydrogen-bond donors (Lipinski definition) is 1. The van der Waals surface area contributed by atoms with Gasteiger partial charge < -0.3 is 19.5 Å². The van der Waals surface area contributed by atoms with Crippen LogP contribution in [0.3, 0.4) is 0 Å². The third-order valence-electron chi connectivity index (χ3n) is 5.74. The standard InChI is InChI=1S/C22H27N5O2/c1-15-23-13-20(26(15)2)16-4-5-17-12-24-21(11-19(17)10-16)25-22(28)18-6-7-27(14-18)8-9-29-3/h4-5,10-13,18H,6-9,14H2,1-3H3,(H,24,25,28). The van der Waals surface area contributed by atoms with E-state index >= 15 is 0 Å². The number of methoxy groups -OCH3 is 1. The molecule has 3 heterocycles. The smallest absolute Gasteiger partial charge is 0.229 e. The number of imidazole rings is 1. The summed E-state index contributed by atoms with van der Waals surface area (Å²) in [7, 11) is 3.71. The van der Waals surface area contributed by atoms with E-state index in [4.69, 9.17) is 4.74 Å². The van der Waals surface area contributed by atoms with Crippen LogP contribution in [0.4, 0.5) is 5.82 Å². The predicted octanol–water partition coefficient (Wildman–Crippen LogP) is 2.85. The molecule has 1 fully saturated rings. The number of aryl methyl sites for hydroxylation is 1. The number of carbonyl (C=O) groups is 1. The Bertz CT molecular complexity index is 1030. The first-order valence-corrected chi connectivity index (χ1v) is 9.96. The molecule has 3 aromatic rings. The van der Waals surface area contributed by atoms with E-state index in [1.807, 2.05) is 32.4 Å². The lowest BCUT2D eigenvalue weighted by Gasteiger charge is -2.15. The summed E-state index contributed by atoms with van der Waals surface area (Å²) in [5.74, 6) is 1.60. The van der Waals surface area contributed by atoms with Crippen LogP contribution in [0.25, 0.3) is 22.0 Å². The molecule has 4 rings (SSSR count). The third-order valence-corrected chi connectivity index (χ3v) is 5.74. The van der Waals surface area contributed by atoms with Gasteiger partial charge in [-0.05, 0) is 37.4 Å². The summed E-state index contributed by atoms with van der Waals surface area (Å²) in [4.78, 5) is 23.8. The highest BCUT2D eigenvalue weighted by Gasteiger charge is 2.28. The molecule has 7 heteroatoms. The number of hydrogen-bond acceptors (Lipinski definition) is 5. The lowest BCUT2D eigenvalue weighted by Crippen LogP contribution is -2.29. The van der Waals surface area contributed by atoms with Crippen LogP contribution in [0.5, 0.6) is 0 Å². The minimum Gasteiger partial charge on any atom is -0.383 e. The maximum absolute atomic E-state index is 12.7. The Kier molecular flexibility index (Phi) is 5.60. The fraction of sp³-hybridized carbons (Fsp3) is 0.409. The van der Waals surface area contributed by atoms with Crippen LogP contribution >= 0.6 is 0 Å². The summed E-state index contributed by atoms with van der Waals surface area (Å²) in [6.45, 7) is 5.25. The van der Waals surface area contributed by atoms with E-state index in [1.54, 1.807) is 7.11 Å². The van der Waals surface area contributed by atoms with Crippen molar-refractivity contribution >= 4 is 22.5 Å². The second-order valence-electron chi connectivity index (χ2n) is 7.65. The Balaban J connectivity index is 1.50. The molecule has 1 amide bonds. The van der Waals surface area contributed by atoms with Crippen molar-refractivity contribution in [1.29, 1.82) is 0 Å². The first kappa shape index (κ1) is 19.5. The molecule has 1 unspecified atom stereocenters. The van der Waals surface area contributed by atoms with Crippen LogP contribution in [-0.2, 0) is 16.6 Å². The molecular formula is C22H27N5O2. The molecule has 1 aliphatic heterocycles. The van der Waals surface area contributed by atoms with Gasteiger partial charge in [0.25, 0.3) is 0 Å². The van der Waals surface area contributed by atoms with E-state index in [2.05, 4.69) is 43.0 Å². The molecule has 1 N–H and O–H groups in total. The number of aromatic nitrogens is 3. The topological polar surface area (TPSA) is 72.3 Å². The largest absolute Gasteiger partial charge is 0.383 e. The van der Waals surface area contributed by atoms with E-state index < -0.39 is 0 Å². The van der Waals surface area contributed by atoms with Gasteiger partial charge in [0.05, 0.1) is 24.4 Å². The number of fused-ring (bicyclic) bond motifs is 1. The minimum absolute atomic E-state index is 0.00638. The highest BCUT2D eigenvalue weighted by atomic mass is 16.5. The zero-order chi connectivity index (χ0) is 20.4. The summed E-state index contributed by atoms with van der Waals surface area (Å²) < 4.78 is 7.20. The van der Waals surface area contributed by atoms with Crippen molar-refractivity contribution in [2.45, 2.75) is 13.3 Å². The molecule has 1 atom stereocenters. The molecule has 152 valence electrons. The first-order chi connectivity index (χ1) is 14.0. The van der Waals surface area contributed by atoms with Crippen LogP contribution in [0.15, 0.2) is 36.7 Å². The average molecular weight is 393 g/mol. The number of benzene rings is 1. The molecule has 29 heavy (non-hydrogen) atoms. The van der Waals surface area contributed by atoms with Gasteiger partial charge in [0.2, 0.25) is 5.91 Å². The van der Waals surface area contributed by atoms with Crippen molar-refractivity contribution in [3.63, 3.8) is 0 Å². The lowest BCUT2D eigenvalue weighted by molar-refractivity contribution is -0.119. The van der Waals surface area contributed by atoms with E-state index in [9.17, 15) is 4.79 Å². The van der Waals surface area contributed by atoms with Crippen molar-refractivity contribution in [2.75, 3.05) is 38.7 Å². The number of ether oxygens (including phenoxy) is 1. The Morgan fingerprint density at radius 3 is 2.86 bits per heavy atom. The lowest BCUT2D eigenvalue weighted by atomic mass is 10.1. The van der Waals surface area contributed by atoms with Crippen LogP contribution < -0.4 is 5.32 Å². The molecule has 0 radical (unpaired) electrons. The number of anilines is 1. The van der Waals surface area contributed by atoms with E-state index in [1.165, 1.54) is 0 Å². The zero-order valence-corrected chi connectivity index (χ0v) is 17.2. The molecule has 0 bridgehead atoms. The zero-order valence-electron chi connectivity index (χ0n) is 17.2. The maximum Gasteiger partial charge on any atom is 0.229 e.